The maximum Gasteiger partial charge on any atom is 0.115 e. The Kier molecular flexibility index (Phi) is 3.52. The molecule has 0 aliphatic heterocycles. The monoisotopic (exact) mass is 262 g/mol. The number of benzene rings is 2. The molecular formula is C17H14N2O. The van der Waals surface area contributed by atoms with Crippen molar-refractivity contribution in [3.05, 3.63) is 84.4 Å². The molecule has 3 aromatic rings. The van der Waals surface area contributed by atoms with Crippen LogP contribution in [-0.4, -0.2) is 15.1 Å². The molecule has 0 radical (unpaired) electrons. The fraction of sp³-hybridized carbons (Fsp3) is 0.0588. The first-order valence-corrected chi connectivity index (χ1v) is 6.43. The van der Waals surface area contributed by atoms with E-state index in [9.17, 15) is 5.11 Å². The normalized spacial score (nSPS) is 12.1. The standard InChI is InChI=1S/C17H14N2O/c20-17(16-10-18-12-19-11-16)15-8-4-7-14(9-15)13-5-2-1-3-6-13/h1-12,17,20H. The SMILES string of the molecule is OC(c1cncnc1)c1cccc(-c2ccccc2)c1. The Morgan fingerprint density at radius 2 is 1.45 bits per heavy atom. The van der Waals surface area contributed by atoms with Crippen molar-refractivity contribution in [3.8, 4) is 11.1 Å². The predicted molar refractivity (Wildman–Crippen MR) is 78.0 cm³/mol. The Balaban J connectivity index is 1.96. The summed E-state index contributed by atoms with van der Waals surface area (Å²) in [5, 5.41) is 10.4. The van der Waals surface area contributed by atoms with Gasteiger partial charge in [-0.1, -0.05) is 48.5 Å². The van der Waals surface area contributed by atoms with Crippen LogP contribution in [0.2, 0.25) is 0 Å². The van der Waals surface area contributed by atoms with E-state index in [1.807, 2.05) is 42.5 Å². The number of rotatable bonds is 3. The first-order chi connectivity index (χ1) is 9.84. The molecule has 3 heteroatoms. The molecule has 1 aromatic heterocycles. The fourth-order valence-corrected chi connectivity index (χ4v) is 2.16. The smallest absolute Gasteiger partial charge is 0.115 e. The van der Waals surface area contributed by atoms with E-state index in [2.05, 4.69) is 22.1 Å². The van der Waals surface area contributed by atoms with Crippen molar-refractivity contribution in [2.45, 2.75) is 6.10 Å². The predicted octanol–water partition coefficient (Wildman–Crippen LogP) is 3.23. The third-order valence-electron chi connectivity index (χ3n) is 3.21. The van der Waals surface area contributed by atoms with Crippen molar-refractivity contribution in [3.63, 3.8) is 0 Å². The first-order valence-electron chi connectivity index (χ1n) is 6.43. The highest BCUT2D eigenvalue weighted by Gasteiger charge is 2.11. The Morgan fingerprint density at radius 3 is 2.20 bits per heavy atom. The Bertz CT molecular complexity index is 684. The lowest BCUT2D eigenvalue weighted by molar-refractivity contribution is 0.219. The van der Waals surface area contributed by atoms with Crippen LogP contribution in [0.5, 0.6) is 0 Å². The molecule has 1 atom stereocenters. The molecule has 1 heterocycles. The lowest BCUT2D eigenvalue weighted by atomic mass is 9.98. The quantitative estimate of drug-likeness (QED) is 0.788. The van der Waals surface area contributed by atoms with Gasteiger partial charge in [-0.15, -0.1) is 0 Å². The van der Waals surface area contributed by atoms with E-state index < -0.39 is 6.10 Å². The second kappa shape index (κ2) is 5.63. The van der Waals surface area contributed by atoms with Gasteiger partial charge < -0.3 is 5.11 Å². The van der Waals surface area contributed by atoms with Gasteiger partial charge in [0.25, 0.3) is 0 Å². The van der Waals surface area contributed by atoms with E-state index in [0.29, 0.717) is 5.56 Å². The van der Waals surface area contributed by atoms with Crippen molar-refractivity contribution in [1.82, 2.24) is 9.97 Å². The number of nitrogens with zero attached hydrogens (tertiary/aromatic N) is 2. The van der Waals surface area contributed by atoms with Gasteiger partial charge in [0.15, 0.2) is 0 Å². The summed E-state index contributed by atoms with van der Waals surface area (Å²) in [6.07, 6.45) is 4.01. The molecule has 1 N–H and O–H groups in total. The molecule has 0 fully saturated rings. The van der Waals surface area contributed by atoms with Gasteiger partial charge in [-0.25, -0.2) is 9.97 Å². The first kappa shape index (κ1) is 12.5. The van der Waals surface area contributed by atoms with Gasteiger partial charge in [0, 0.05) is 18.0 Å². The van der Waals surface area contributed by atoms with Crippen LogP contribution in [0.4, 0.5) is 0 Å². The Morgan fingerprint density at radius 1 is 0.750 bits per heavy atom. The van der Waals surface area contributed by atoms with Gasteiger partial charge in [-0.05, 0) is 22.8 Å². The van der Waals surface area contributed by atoms with E-state index in [-0.39, 0.29) is 0 Å². The highest BCUT2D eigenvalue weighted by atomic mass is 16.3. The zero-order valence-corrected chi connectivity index (χ0v) is 10.8. The van der Waals surface area contributed by atoms with Gasteiger partial charge in [0.2, 0.25) is 0 Å². The van der Waals surface area contributed by atoms with Crippen LogP contribution in [0, 0.1) is 0 Å². The molecule has 3 rings (SSSR count). The summed E-state index contributed by atoms with van der Waals surface area (Å²) in [5.74, 6) is 0. The van der Waals surface area contributed by atoms with Crippen molar-refractivity contribution in [1.29, 1.82) is 0 Å². The molecule has 3 nitrogen and oxygen atoms in total. The molecule has 98 valence electrons. The summed E-state index contributed by atoms with van der Waals surface area (Å²) in [4.78, 5) is 7.88. The average Bonchev–Trinajstić information content (AvgIpc) is 2.56. The maximum atomic E-state index is 10.4. The summed E-state index contributed by atoms with van der Waals surface area (Å²) >= 11 is 0. The topological polar surface area (TPSA) is 46.0 Å². The highest BCUT2D eigenvalue weighted by Crippen LogP contribution is 2.26. The minimum atomic E-state index is -0.708. The summed E-state index contributed by atoms with van der Waals surface area (Å²) in [7, 11) is 0. The zero-order valence-electron chi connectivity index (χ0n) is 10.8. The summed E-state index contributed by atoms with van der Waals surface area (Å²) in [5.41, 5.74) is 3.74. The summed E-state index contributed by atoms with van der Waals surface area (Å²) in [6, 6.07) is 18.0. The molecule has 20 heavy (non-hydrogen) atoms. The molecule has 0 saturated carbocycles. The number of hydrogen-bond donors (Lipinski definition) is 1. The van der Waals surface area contributed by atoms with E-state index in [1.165, 1.54) is 6.33 Å². The lowest BCUT2D eigenvalue weighted by Gasteiger charge is -2.12. The van der Waals surface area contributed by atoms with Gasteiger partial charge in [-0.3, -0.25) is 0 Å². The zero-order chi connectivity index (χ0) is 13.8. The molecule has 0 saturated heterocycles. The van der Waals surface area contributed by atoms with Crippen LogP contribution >= 0.6 is 0 Å². The van der Waals surface area contributed by atoms with Gasteiger partial charge in [-0.2, -0.15) is 0 Å². The molecular weight excluding hydrogens is 248 g/mol. The molecule has 0 aliphatic rings. The van der Waals surface area contributed by atoms with Gasteiger partial charge in [0.05, 0.1) is 0 Å². The number of aliphatic hydroxyl groups excluding tert-OH is 1. The van der Waals surface area contributed by atoms with Crippen molar-refractivity contribution in [2.24, 2.45) is 0 Å². The second-order valence-electron chi connectivity index (χ2n) is 4.57. The Labute approximate surface area is 117 Å². The van der Waals surface area contributed by atoms with Gasteiger partial charge >= 0.3 is 0 Å². The molecule has 0 aliphatic carbocycles. The maximum absolute atomic E-state index is 10.4. The third kappa shape index (κ3) is 2.58. The lowest BCUT2D eigenvalue weighted by Crippen LogP contribution is -2.00. The van der Waals surface area contributed by atoms with Crippen LogP contribution in [0.1, 0.15) is 17.2 Å². The fourth-order valence-electron chi connectivity index (χ4n) is 2.16. The second-order valence-corrected chi connectivity index (χ2v) is 4.57. The third-order valence-corrected chi connectivity index (χ3v) is 3.21. The molecule has 0 bridgehead atoms. The molecule has 0 spiro atoms. The Hall–Kier alpha value is -2.52. The number of aliphatic hydroxyl groups is 1. The van der Waals surface area contributed by atoms with E-state index in [4.69, 9.17) is 0 Å². The van der Waals surface area contributed by atoms with Crippen molar-refractivity contribution < 1.29 is 5.11 Å². The van der Waals surface area contributed by atoms with Crippen LogP contribution in [0.25, 0.3) is 11.1 Å². The van der Waals surface area contributed by atoms with Crippen LogP contribution < -0.4 is 0 Å². The van der Waals surface area contributed by atoms with Crippen molar-refractivity contribution in [2.75, 3.05) is 0 Å². The molecule has 0 amide bonds. The number of aromatic nitrogens is 2. The number of hydrogen-bond acceptors (Lipinski definition) is 3. The summed E-state index contributed by atoms with van der Waals surface area (Å²) in [6.45, 7) is 0. The molecule has 2 aromatic carbocycles. The minimum Gasteiger partial charge on any atom is -0.384 e. The van der Waals surface area contributed by atoms with Crippen molar-refractivity contribution >= 4 is 0 Å². The van der Waals surface area contributed by atoms with Crippen LogP contribution in [-0.2, 0) is 0 Å². The highest BCUT2D eigenvalue weighted by molar-refractivity contribution is 5.64. The molecule has 1 unspecified atom stereocenters. The van der Waals surface area contributed by atoms with E-state index in [0.717, 1.165) is 16.7 Å². The van der Waals surface area contributed by atoms with E-state index >= 15 is 0 Å². The average molecular weight is 262 g/mol. The van der Waals surface area contributed by atoms with Gasteiger partial charge in [0.1, 0.15) is 12.4 Å². The van der Waals surface area contributed by atoms with Crippen LogP contribution in [0.15, 0.2) is 73.3 Å². The van der Waals surface area contributed by atoms with E-state index in [1.54, 1.807) is 12.4 Å². The largest absolute Gasteiger partial charge is 0.384 e. The minimum absolute atomic E-state index is 0.692. The van der Waals surface area contributed by atoms with Crippen LogP contribution in [0.3, 0.4) is 0 Å². The summed E-state index contributed by atoms with van der Waals surface area (Å²) < 4.78 is 0.